The standard InChI is InChI=1S/C22H20N2O3S/c25-21(15-8-2-1-3-9-15)17(12-14-6-4-5-7-14)20(22(26)27)16-10-11-18-19(13-16)24-28-23-18/h1-3,8-11,13-14H,4-7,12H2,(H,26,27). The van der Waals surface area contributed by atoms with E-state index < -0.39 is 5.97 Å². The summed E-state index contributed by atoms with van der Waals surface area (Å²) in [6, 6.07) is 14.1. The van der Waals surface area contributed by atoms with Crippen LogP contribution in [0.3, 0.4) is 0 Å². The molecule has 1 aliphatic rings. The summed E-state index contributed by atoms with van der Waals surface area (Å²) in [5.74, 6) is -0.942. The summed E-state index contributed by atoms with van der Waals surface area (Å²) >= 11 is 1.09. The summed E-state index contributed by atoms with van der Waals surface area (Å²) in [5.41, 5.74) is 2.86. The third kappa shape index (κ3) is 3.73. The van der Waals surface area contributed by atoms with Gasteiger partial charge in [0.05, 0.1) is 17.3 Å². The van der Waals surface area contributed by atoms with Crippen molar-refractivity contribution in [1.82, 2.24) is 8.75 Å². The molecule has 1 saturated carbocycles. The van der Waals surface area contributed by atoms with Gasteiger partial charge in [-0.2, -0.15) is 8.75 Å². The first-order valence-electron chi connectivity index (χ1n) is 9.42. The van der Waals surface area contributed by atoms with Gasteiger partial charge in [0.2, 0.25) is 0 Å². The van der Waals surface area contributed by atoms with E-state index in [1.807, 2.05) is 6.07 Å². The smallest absolute Gasteiger partial charge is 0.336 e. The van der Waals surface area contributed by atoms with Gasteiger partial charge >= 0.3 is 5.97 Å². The molecular weight excluding hydrogens is 372 g/mol. The number of hydrogen-bond donors (Lipinski definition) is 1. The Bertz CT molecular complexity index is 1050. The summed E-state index contributed by atoms with van der Waals surface area (Å²) in [5, 5.41) is 10.0. The number of hydrogen-bond acceptors (Lipinski definition) is 5. The molecule has 0 spiro atoms. The number of aliphatic carboxylic acids is 1. The quantitative estimate of drug-likeness (QED) is 0.472. The molecule has 0 atom stereocenters. The number of allylic oxidation sites excluding steroid dienone is 1. The molecule has 5 nitrogen and oxygen atoms in total. The number of nitrogens with zero attached hydrogens (tertiary/aromatic N) is 2. The first-order chi connectivity index (χ1) is 13.6. The van der Waals surface area contributed by atoms with Crippen molar-refractivity contribution in [3.63, 3.8) is 0 Å². The molecule has 2 aromatic carbocycles. The molecule has 1 aliphatic carbocycles. The molecule has 0 aliphatic heterocycles. The average molecular weight is 392 g/mol. The van der Waals surface area contributed by atoms with E-state index in [0.717, 1.165) is 42.9 Å². The topological polar surface area (TPSA) is 80.1 Å². The lowest BCUT2D eigenvalue weighted by Crippen LogP contribution is -2.14. The number of rotatable bonds is 6. The molecular formula is C22H20N2O3S. The number of fused-ring (bicyclic) bond motifs is 1. The van der Waals surface area contributed by atoms with Crippen molar-refractivity contribution >= 4 is 40.1 Å². The van der Waals surface area contributed by atoms with E-state index in [1.165, 1.54) is 0 Å². The third-order valence-corrected chi connectivity index (χ3v) is 5.89. The molecule has 28 heavy (non-hydrogen) atoms. The van der Waals surface area contributed by atoms with E-state index in [2.05, 4.69) is 8.75 Å². The van der Waals surface area contributed by atoms with Crippen molar-refractivity contribution in [2.24, 2.45) is 5.92 Å². The Morgan fingerprint density at radius 1 is 0.964 bits per heavy atom. The predicted molar refractivity (Wildman–Crippen MR) is 109 cm³/mol. The van der Waals surface area contributed by atoms with Crippen LogP contribution < -0.4 is 0 Å². The fourth-order valence-electron chi connectivity index (χ4n) is 3.94. The van der Waals surface area contributed by atoms with Crippen LogP contribution in [0.2, 0.25) is 0 Å². The van der Waals surface area contributed by atoms with E-state index in [1.54, 1.807) is 42.5 Å². The Hall–Kier alpha value is -2.86. The summed E-state index contributed by atoms with van der Waals surface area (Å²) in [7, 11) is 0. The molecule has 0 bridgehead atoms. The second kappa shape index (κ2) is 8.02. The molecule has 6 heteroatoms. The van der Waals surface area contributed by atoms with E-state index in [-0.39, 0.29) is 11.4 Å². The molecule has 3 aromatic rings. The minimum Gasteiger partial charge on any atom is -0.478 e. The highest BCUT2D eigenvalue weighted by Crippen LogP contribution is 2.35. The van der Waals surface area contributed by atoms with Crippen molar-refractivity contribution in [1.29, 1.82) is 0 Å². The molecule has 1 fully saturated rings. The van der Waals surface area contributed by atoms with E-state index >= 15 is 0 Å². The SMILES string of the molecule is O=C(O)C(=C(CC1CCCC1)C(=O)c1ccccc1)c1ccc2nsnc2c1. The monoisotopic (exact) mass is 392 g/mol. The lowest BCUT2D eigenvalue weighted by molar-refractivity contribution is -0.130. The van der Waals surface area contributed by atoms with Crippen LogP contribution in [-0.4, -0.2) is 25.6 Å². The lowest BCUT2D eigenvalue weighted by atomic mass is 9.86. The van der Waals surface area contributed by atoms with Gasteiger partial charge in [-0.3, -0.25) is 4.79 Å². The van der Waals surface area contributed by atoms with Gasteiger partial charge < -0.3 is 5.11 Å². The van der Waals surface area contributed by atoms with Gasteiger partial charge in [-0.25, -0.2) is 4.79 Å². The highest BCUT2D eigenvalue weighted by Gasteiger charge is 2.27. The second-order valence-corrected chi connectivity index (χ2v) is 7.70. The van der Waals surface area contributed by atoms with Crippen LogP contribution in [-0.2, 0) is 4.79 Å². The summed E-state index contributed by atoms with van der Waals surface area (Å²) in [6.07, 6.45) is 4.83. The molecule has 0 saturated heterocycles. The number of carbonyl (C=O) groups excluding carboxylic acids is 1. The second-order valence-electron chi connectivity index (χ2n) is 7.18. The number of carbonyl (C=O) groups is 2. The summed E-state index contributed by atoms with van der Waals surface area (Å²) < 4.78 is 8.39. The zero-order valence-corrected chi connectivity index (χ0v) is 16.1. The molecule has 0 unspecified atom stereocenters. The fraction of sp³-hybridized carbons (Fsp3) is 0.273. The number of ketones is 1. The highest BCUT2D eigenvalue weighted by atomic mass is 32.1. The van der Waals surface area contributed by atoms with Gasteiger partial charge in [-0.1, -0.05) is 62.1 Å². The zero-order chi connectivity index (χ0) is 19.5. The third-order valence-electron chi connectivity index (χ3n) is 5.34. The lowest BCUT2D eigenvalue weighted by Gasteiger charge is -2.16. The highest BCUT2D eigenvalue weighted by molar-refractivity contribution is 7.00. The Morgan fingerprint density at radius 3 is 2.39 bits per heavy atom. The molecule has 0 amide bonds. The van der Waals surface area contributed by atoms with Gasteiger partial charge in [0, 0.05) is 11.1 Å². The minimum atomic E-state index is -1.08. The van der Waals surface area contributed by atoms with E-state index in [0.29, 0.717) is 34.6 Å². The normalized spacial score (nSPS) is 15.6. The summed E-state index contributed by atoms with van der Waals surface area (Å²) in [4.78, 5) is 25.6. The fourth-order valence-corrected chi connectivity index (χ4v) is 4.46. The summed E-state index contributed by atoms with van der Waals surface area (Å²) in [6.45, 7) is 0. The Balaban J connectivity index is 1.86. The van der Waals surface area contributed by atoms with Crippen molar-refractivity contribution in [2.45, 2.75) is 32.1 Å². The van der Waals surface area contributed by atoms with Crippen LogP contribution in [0.25, 0.3) is 16.6 Å². The Morgan fingerprint density at radius 2 is 1.68 bits per heavy atom. The van der Waals surface area contributed by atoms with Crippen molar-refractivity contribution in [3.8, 4) is 0 Å². The number of benzene rings is 2. The Labute approximate surface area is 167 Å². The van der Waals surface area contributed by atoms with Crippen LogP contribution in [0.15, 0.2) is 54.1 Å². The maximum atomic E-state index is 13.3. The van der Waals surface area contributed by atoms with Gasteiger partial charge in [-0.05, 0) is 30.0 Å². The predicted octanol–water partition coefficient (Wildman–Crippen LogP) is 4.99. The number of carboxylic acid groups (broad SMARTS) is 1. The van der Waals surface area contributed by atoms with Crippen LogP contribution in [0.5, 0.6) is 0 Å². The molecule has 4 rings (SSSR count). The van der Waals surface area contributed by atoms with Crippen LogP contribution in [0.4, 0.5) is 0 Å². The number of aromatic nitrogens is 2. The van der Waals surface area contributed by atoms with Crippen LogP contribution >= 0.6 is 11.7 Å². The van der Waals surface area contributed by atoms with Crippen LogP contribution in [0.1, 0.15) is 48.0 Å². The average Bonchev–Trinajstić information content (AvgIpc) is 3.38. The molecule has 0 radical (unpaired) electrons. The van der Waals surface area contributed by atoms with Crippen molar-refractivity contribution in [3.05, 3.63) is 65.2 Å². The van der Waals surface area contributed by atoms with Gasteiger partial charge in [0.15, 0.2) is 5.78 Å². The van der Waals surface area contributed by atoms with Gasteiger partial charge in [0.25, 0.3) is 0 Å². The number of carboxylic acids is 1. The van der Waals surface area contributed by atoms with Gasteiger partial charge in [0.1, 0.15) is 11.0 Å². The molecule has 142 valence electrons. The maximum absolute atomic E-state index is 13.3. The first-order valence-corrected chi connectivity index (χ1v) is 10.2. The zero-order valence-electron chi connectivity index (χ0n) is 15.3. The van der Waals surface area contributed by atoms with Crippen molar-refractivity contribution < 1.29 is 14.7 Å². The largest absolute Gasteiger partial charge is 0.478 e. The van der Waals surface area contributed by atoms with E-state index in [9.17, 15) is 14.7 Å². The van der Waals surface area contributed by atoms with Gasteiger partial charge in [-0.15, -0.1) is 0 Å². The number of Topliss-reactive ketones (excluding diaryl/α,β-unsaturated/α-hetero) is 1. The molecule has 1 N–H and O–H groups in total. The molecule has 1 aromatic heterocycles. The van der Waals surface area contributed by atoms with Crippen molar-refractivity contribution in [2.75, 3.05) is 0 Å². The maximum Gasteiger partial charge on any atom is 0.336 e. The Kier molecular flexibility index (Phi) is 5.30. The van der Waals surface area contributed by atoms with Crippen LogP contribution in [0, 0.1) is 5.92 Å². The minimum absolute atomic E-state index is 0.0793. The van der Waals surface area contributed by atoms with E-state index in [4.69, 9.17) is 0 Å². The molecule has 1 heterocycles. The first kappa shape index (κ1) is 18.5.